The van der Waals surface area contributed by atoms with Gasteiger partial charge < -0.3 is 5.32 Å². The first kappa shape index (κ1) is 13.6. The molecular weight excluding hydrogens is 272 g/mol. The van der Waals surface area contributed by atoms with Gasteiger partial charge in [0.1, 0.15) is 0 Å². The van der Waals surface area contributed by atoms with Crippen molar-refractivity contribution in [1.29, 1.82) is 0 Å². The molecule has 0 spiro atoms. The van der Waals surface area contributed by atoms with E-state index < -0.39 is 10.0 Å². The van der Waals surface area contributed by atoms with Crippen LogP contribution in [0.15, 0.2) is 18.2 Å². The van der Waals surface area contributed by atoms with Crippen molar-refractivity contribution in [2.24, 2.45) is 0 Å². The van der Waals surface area contributed by atoms with E-state index in [2.05, 4.69) is 10.0 Å². The Morgan fingerprint density at radius 1 is 1.33 bits per heavy atom. The molecule has 1 saturated heterocycles. The number of hydrogen-bond donors (Lipinski definition) is 2. The van der Waals surface area contributed by atoms with E-state index in [1.165, 1.54) is 0 Å². The van der Waals surface area contributed by atoms with Crippen LogP contribution in [0.4, 0.5) is 5.69 Å². The van der Waals surface area contributed by atoms with Crippen LogP contribution in [0.3, 0.4) is 0 Å². The average Bonchev–Trinajstić information content (AvgIpc) is 2.35. The van der Waals surface area contributed by atoms with Gasteiger partial charge in [-0.3, -0.25) is 4.72 Å². The van der Waals surface area contributed by atoms with Crippen LogP contribution in [0.2, 0.25) is 5.02 Å². The monoisotopic (exact) mass is 288 g/mol. The summed E-state index contributed by atoms with van der Waals surface area (Å²) in [4.78, 5) is 0. The van der Waals surface area contributed by atoms with Crippen molar-refractivity contribution in [1.82, 2.24) is 5.32 Å². The second kappa shape index (κ2) is 5.47. The van der Waals surface area contributed by atoms with Gasteiger partial charge in [-0.1, -0.05) is 17.7 Å². The summed E-state index contributed by atoms with van der Waals surface area (Å²) in [6.45, 7) is 3.38. The van der Waals surface area contributed by atoms with E-state index in [-0.39, 0.29) is 5.25 Å². The van der Waals surface area contributed by atoms with E-state index in [0.717, 1.165) is 18.7 Å². The Kier molecular flexibility index (Phi) is 4.14. The smallest absolute Gasteiger partial charge is 0.235 e. The first-order chi connectivity index (χ1) is 8.49. The van der Waals surface area contributed by atoms with Crippen molar-refractivity contribution in [2.45, 2.75) is 25.0 Å². The summed E-state index contributed by atoms with van der Waals surface area (Å²) in [7, 11) is -3.31. The Balaban J connectivity index is 2.13. The topological polar surface area (TPSA) is 58.2 Å². The molecular formula is C12H17ClN2O2S. The molecule has 18 heavy (non-hydrogen) atoms. The standard InChI is InChI=1S/C12H17ClN2O2S/c1-9-2-3-10(8-12(9)13)15-18(16,17)11-4-6-14-7-5-11/h2-3,8,11,14-15H,4-7H2,1H3. The summed E-state index contributed by atoms with van der Waals surface area (Å²) >= 11 is 5.98. The molecule has 1 aromatic carbocycles. The van der Waals surface area contributed by atoms with Crippen LogP contribution in [0, 0.1) is 6.92 Å². The Morgan fingerprint density at radius 3 is 2.61 bits per heavy atom. The van der Waals surface area contributed by atoms with Gasteiger partial charge in [-0.2, -0.15) is 0 Å². The van der Waals surface area contributed by atoms with Crippen molar-refractivity contribution in [2.75, 3.05) is 17.8 Å². The van der Waals surface area contributed by atoms with Crippen LogP contribution < -0.4 is 10.0 Å². The lowest BCUT2D eigenvalue weighted by molar-refractivity contribution is 0.499. The number of halogens is 1. The van der Waals surface area contributed by atoms with Gasteiger partial charge in [-0.25, -0.2) is 8.42 Å². The van der Waals surface area contributed by atoms with Crippen LogP contribution in [0.5, 0.6) is 0 Å². The van der Waals surface area contributed by atoms with Crippen molar-refractivity contribution in [3.05, 3.63) is 28.8 Å². The van der Waals surface area contributed by atoms with Gasteiger partial charge in [0.2, 0.25) is 10.0 Å². The maximum absolute atomic E-state index is 12.2. The van der Waals surface area contributed by atoms with Crippen molar-refractivity contribution in [3.63, 3.8) is 0 Å². The molecule has 1 aromatic rings. The van der Waals surface area contributed by atoms with Crippen LogP contribution in [0.25, 0.3) is 0 Å². The zero-order valence-corrected chi connectivity index (χ0v) is 11.8. The highest BCUT2D eigenvalue weighted by molar-refractivity contribution is 7.93. The van der Waals surface area contributed by atoms with E-state index in [0.29, 0.717) is 23.6 Å². The fourth-order valence-electron chi connectivity index (χ4n) is 2.01. The molecule has 4 nitrogen and oxygen atoms in total. The number of piperidine rings is 1. The van der Waals surface area contributed by atoms with Crippen LogP contribution >= 0.6 is 11.6 Å². The number of nitrogens with one attached hydrogen (secondary N) is 2. The lowest BCUT2D eigenvalue weighted by Gasteiger charge is -2.23. The number of sulfonamides is 1. The zero-order chi connectivity index (χ0) is 13.2. The van der Waals surface area contributed by atoms with Gasteiger partial charge in [0.15, 0.2) is 0 Å². The van der Waals surface area contributed by atoms with Crippen LogP contribution in [-0.2, 0) is 10.0 Å². The number of hydrogen-bond acceptors (Lipinski definition) is 3. The predicted octanol–water partition coefficient (Wildman–Crippen LogP) is 2.14. The van der Waals surface area contributed by atoms with Crippen LogP contribution in [0.1, 0.15) is 18.4 Å². The number of anilines is 1. The second-order valence-corrected chi connectivity index (χ2v) is 6.93. The third kappa shape index (κ3) is 3.16. The minimum Gasteiger partial charge on any atom is -0.317 e. The van der Waals surface area contributed by atoms with Gasteiger partial charge in [0.05, 0.1) is 5.25 Å². The Hall–Kier alpha value is -0.780. The quantitative estimate of drug-likeness (QED) is 0.896. The molecule has 0 amide bonds. The predicted molar refractivity (Wildman–Crippen MR) is 74.6 cm³/mol. The molecule has 1 fully saturated rings. The molecule has 100 valence electrons. The maximum Gasteiger partial charge on any atom is 0.235 e. The Labute approximate surface area is 113 Å². The summed E-state index contributed by atoms with van der Waals surface area (Å²) in [6, 6.07) is 5.19. The third-order valence-corrected chi connectivity index (χ3v) is 5.43. The molecule has 2 N–H and O–H groups in total. The Bertz CT molecular complexity index is 525. The Morgan fingerprint density at radius 2 is 2.00 bits per heavy atom. The van der Waals surface area contributed by atoms with Gasteiger partial charge >= 0.3 is 0 Å². The van der Waals surface area contributed by atoms with E-state index in [1.807, 2.05) is 13.0 Å². The largest absolute Gasteiger partial charge is 0.317 e. The maximum atomic E-state index is 12.2. The molecule has 2 rings (SSSR count). The third-order valence-electron chi connectivity index (χ3n) is 3.16. The molecule has 1 aliphatic rings. The average molecular weight is 289 g/mol. The highest BCUT2D eigenvalue weighted by atomic mass is 35.5. The molecule has 1 heterocycles. The molecule has 0 radical (unpaired) electrons. The first-order valence-electron chi connectivity index (χ1n) is 5.97. The van der Waals surface area contributed by atoms with Crippen molar-refractivity contribution >= 4 is 27.3 Å². The number of aryl methyl sites for hydroxylation is 1. The summed E-state index contributed by atoms with van der Waals surface area (Å²) in [6.07, 6.45) is 1.30. The minimum absolute atomic E-state index is 0.321. The molecule has 0 atom stereocenters. The van der Waals surface area contributed by atoms with Crippen LogP contribution in [-0.4, -0.2) is 26.8 Å². The highest BCUT2D eigenvalue weighted by Gasteiger charge is 2.27. The van der Waals surface area contributed by atoms with Gasteiger partial charge in [0, 0.05) is 10.7 Å². The fraction of sp³-hybridized carbons (Fsp3) is 0.500. The summed E-state index contributed by atoms with van der Waals surface area (Å²) in [5.41, 5.74) is 1.46. The summed E-state index contributed by atoms with van der Waals surface area (Å²) < 4.78 is 27.0. The number of benzene rings is 1. The molecule has 0 saturated carbocycles. The van der Waals surface area contributed by atoms with Crippen molar-refractivity contribution in [3.8, 4) is 0 Å². The van der Waals surface area contributed by atoms with E-state index in [1.54, 1.807) is 12.1 Å². The normalized spacial score (nSPS) is 17.7. The molecule has 6 heteroatoms. The van der Waals surface area contributed by atoms with E-state index in [4.69, 9.17) is 11.6 Å². The van der Waals surface area contributed by atoms with Gasteiger partial charge in [-0.15, -0.1) is 0 Å². The molecule has 0 bridgehead atoms. The van der Waals surface area contributed by atoms with E-state index >= 15 is 0 Å². The molecule has 1 aliphatic heterocycles. The SMILES string of the molecule is Cc1ccc(NS(=O)(=O)C2CCNCC2)cc1Cl. The molecule has 0 aliphatic carbocycles. The fourth-order valence-corrected chi connectivity index (χ4v) is 3.67. The summed E-state index contributed by atoms with van der Waals surface area (Å²) in [5.74, 6) is 0. The van der Waals surface area contributed by atoms with Gasteiger partial charge in [-0.05, 0) is 50.6 Å². The first-order valence-corrected chi connectivity index (χ1v) is 7.90. The van der Waals surface area contributed by atoms with E-state index in [9.17, 15) is 8.42 Å². The summed E-state index contributed by atoms with van der Waals surface area (Å²) in [5, 5.41) is 3.40. The molecule has 0 unspecified atom stereocenters. The highest BCUT2D eigenvalue weighted by Crippen LogP contribution is 2.23. The lowest BCUT2D eigenvalue weighted by Crippen LogP contribution is -2.38. The van der Waals surface area contributed by atoms with Gasteiger partial charge in [0.25, 0.3) is 0 Å². The minimum atomic E-state index is -3.31. The lowest BCUT2D eigenvalue weighted by atomic mass is 10.2. The molecule has 0 aromatic heterocycles. The second-order valence-electron chi connectivity index (χ2n) is 4.56. The van der Waals surface area contributed by atoms with Crippen molar-refractivity contribution < 1.29 is 8.42 Å². The zero-order valence-electron chi connectivity index (χ0n) is 10.2. The number of rotatable bonds is 3.